The highest BCUT2D eigenvalue weighted by Gasteiger charge is 2.49. The van der Waals surface area contributed by atoms with Crippen molar-refractivity contribution in [2.45, 2.75) is 0 Å². The molecule has 1 aromatic heterocycles. The number of thioether (sulfide) groups is 1. The fraction of sp³-hybridized carbons (Fsp3) is 0.286. The number of imide groups is 1. The van der Waals surface area contributed by atoms with Gasteiger partial charge in [0.15, 0.2) is 11.7 Å². The number of hydrogen-bond acceptors (Lipinski definition) is 7. The van der Waals surface area contributed by atoms with Gasteiger partial charge in [-0.05, 0) is 12.1 Å². The lowest BCUT2D eigenvalue weighted by Crippen LogP contribution is -2.54. The lowest BCUT2D eigenvalue weighted by atomic mass is 10.0. The summed E-state index contributed by atoms with van der Waals surface area (Å²) in [4.78, 5) is 45.4. The number of primary amides is 1. The number of rotatable bonds is 3. The van der Waals surface area contributed by atoms with Crippen molar-refractivity contribution in [3.63, 3.8) is 0 Å². The van der Waals surface area contributed by atoms with E-state index in [-0.39, 0.29) is 17.4 Å². The van der Waals surface area contributed by atoms with Gasteiger partial charge in [-0.1, -0.05) is 16.8 Å². The normalized spacial score (nSPS) is 20.8. The van der Waals surface area contributed by atoms with Gasteiger partial charge in [-0.15, -0.1) is 0 Å². The third-order valence-electron chi connectivity index (χ3n) is 3.54. The fourth-order valence-electron chi connectivity index (χ4n) is 2.35. The van der Waals surface area contributed by atoms with E-state index in [0.29, 0.717) is 10.8 Å². The Bertz CT molecular complexity index is 824. The number of urea groups is 1. The van der Waals surface area contributed by atoms with Gasteiger partial charge in [0.1, 0.15) is 5.04 Å². The van der Waals surface area contributed by atoms with Crippen LogP contribution in [0.1, 0.15) is 5.76 Å². The molecule has 24 heavy (non-hydrogen) atoms. The largest absolute Gasteiger partial charge is 0.459 e. The van der Waals surface area contributed by atoms with Crippen molar-refractivity contribution in [1.29, 1.82) is 0 Å². The van der Waals surface area contributed by atoms with Gasteiger partial charge in [0.25, 0.3) is 11.7 Å². The maximum atomic E-state index is 12.5. The maximum Gasteiger partial charge on any atom is 0.445 e. The van der Waals surface area contributed by atoms with Crippen LogP contribution in [0.15, 0.2) is 32.8 Å². The van der Waals surface area contributed by atoms with E-state index in [1.54, 1.807) is 12.1 Å². The lowest BCUT2D eigenvalue weighted by Gasteiger charge is -2.26. The Morgan fingerprint density at radius 3 is 2.83 bits per heavy atom. The maximum absolute atomic E-state index is 12.5. The Hall–Kier alpha value is -2.75. The van der Waals surface area contributed by atoms with Crippen LogP contribution in [0.4, 0.5) is 4.79 Å². The molecule has 0 spiro atoms. The van der Waals surface area contributed by atoms with Crippen molar-refractivity contribution in [3.05, 3.63) is 24.2 Å². The number of carbonyl (C=O) groups excluding carboxylic acids is 3. The number of hydrogen-bond donors (Lipinski definition) is 1. The van der Waals surface area contributed by atoms with Crippen LogP contribution in [0.5, 0.6) is 0 Å². The quantitative estimate of drug-likeness (QED) is 0.765. The summed E-state index contributed by atoms with van der Waals surface area (Å²) in [5, 5.41) is 0.349. The highest BCUT2D eigenvalue weighted by atomic mass is 32.2. The minimum atomic E-state index is -0.847. The lowest BCUT2D eigenvalue weighted by molar-refractivity contribution is -0.407. The molecule has 0 fully saturated rings. The van der Waals surface area contributed by atoms with Crippen LogP contribution in [0.25, 0.3) is 0 Å². The van der Waals surface area contributed by atoms with E-state index in [0.717, 1.165) is 16.7 Å². The molecule has 10 heteroatoms. The summed E-state index contributed by atoms with van der Waals surface area (Å²) in [7, 11) is 2.92. The number of amides is 4. The Kier molecular flexibility index (Phi) is 4.06. The van der Waals surface area contributed by atoms with Crippen LogP contribution >= 0.6 is 11.8 Å². The van der Waals surface area contributed by atoms with E-state index in [1.807, 2.05) is 0 Å². The van der Waals surface area contributed by atoms with Gasteiger partial charge in [-0.3, -0.25) is 9.59 Å². The molecule has 2 aliphatic heterocycles. The SMILES string of the molecule is CN1C(=O)C2C(SCC(N)=O)=NC(c3ccco3)=NC2=[N+](C)C1=O. The minimum absolute atomic E-state index is 0.0390. The number of amidine groups is 2. The second-order valence-electron chi connectivity index (χ2n) is 5.15. The molecular formula is C14H14N5O4S+. The highest BCUT2D eigenvalue weighted by molar-refractivity contribution is 8.14. The van der Waals surface area contributed by atoms with Crippen molar-refractivity contribution >= 4 is 46.3 Å². The van der Waals surface area contributed by atoms with Gasteiger partial charge in [0.05, 0.1) is 26.1 Å². The average molecular weight is 348 g/mol. The molecule has 2 N–H and O–H groups in total. The molecule has 3 heterocycles. The van der Waals surface area contributed by atoms with Gasteiger partial charge in [0.2, 0.25) is 5.91 Å². The summed E-state index contributed by atoms with van der Waals surface area (Å²) in [5.41, 5.74) is 5.19. The molecule has 124 valence electrons. The molecule has 0 aromatic carbocycles. The van der Waals surface area contributed by atoms with Crippen LogP contribution in [0, 0.1) is 5.92 Å². The Morgan fingerprint density at radius 1 is 1.46 bits per heavy atom. The molecule has 0 saturated heterocycles. The zero-order valence-electron chi connectivity index (χ0n) is 12.9. The van der Waals surface area contributed by atoms with Crippen LogP contribution in [0.2, 0.25) is 0 Å². The van der Waals surface area contributed by atoms with Crippen molar-refractivity contribution in [3.8, 4) is 0 Å². The molecule has 9 nitrogen and oxygen atoms in total. The van der Waals surface area contributed by atoms with Crippen molar-refractivity contribution < 1.29 is 23.4 Å². The van der Waals surface area contributed by atoms with E-state index < -0.39 is 23.8 Å². The van der Waals surface area contributed by atoms with Gasteiger partial charge in [-0.25, -0.2) is 9.79 Å². The molecule has 2 aliphatic rings. The summed E-state index contributed by atoms with van der Waals surface area (Å²) >= 11 is 1.05. The minimum Gasteiger partial charge on any atom is -0.459 e. The van der Waals surface area contributed by atoms with Crippen molar-refractivity contribution in [2.24, 2.45) is 21.6 Å². The first-order chi connectivity index (χ1) is 11.4. The molecule has 0 aliphatic carbocycles. The zero-order valence-corrected chi connectivity index (χ0v) is 13.7. The second-order valence-corrected chi connectivity index (χ2v) is 6.14. The van der Waals surface area contributed by atoms with E-state index in [4.69, 9.17) is 10.2 Å². The molecule has 3 rings (SSSR count). The van der Waals surface area contributed by atoms with Crippen LogP contribution < -0.4 is 5.73 Å². The molecule has 0 bridgehead atoms. The van der Waals surface area contributed by atoms with E-state index in [1.165, 1.54) is 24.9 Å². The highest BCUT2D eigenvalue weighted by Crippen LogP contribution is 2.26. The van der Waals surface area contributed by atoms with E-state index >= 15 is 0 Å². The summed E-state index contributed by atoms with van der Waals surface area (Å²) in [6.45, 7) is 0. The predicted octanol–water partition coefficient (Wildman–Crippen LogP) is -0.0942. The standard InChI is InChI=1S/C14H13N5O4S/c1-18-11-9(13(21)19(2)14(18)22)12(24-6-8(15)20)17-10(16-11)7-4-3-5-23-7/h3-5,9H,6H2,1-2H3,(H-,15,20)/p+1. The molecular weight excluding hydrogens is 334 g/mol. The summed E-state index contributed by atoms with van der Waals surface area (Å²) in [6, 6.07) is 2.85. The van der Waals surface area contributed by atoms with Gasteiger partial charge in [0, 0.05) is 0 Å². The molecule has 4 amide bonds. The molecule has 0 radical (unpaired) electrons. The van der Waals surface area contributed by atoms with Crippen LogP contribution in [-0.4, -0.2) is 63.9 Å². The predicted molar refractivity (Wildman–Crippen MR) is 87.2 cm³/mol. The summed E-state index contributed by atoms with van der Waals surface area (Å²) in [5.74, 6) is -1.00. The number of aliphatic imine (C=N–C) groups is 2. The third-order valence-corrected chi connectivity index (χ3v) is 4.59. The monoisotopic (exact) mass is 348 g/mol. The van der Waals surface area contributed by atoms with Crippen molar-refractivity contribution in [1.82, 2.24) is 4.90 Å². The Balaban J connectivity index is 2.12. The van der Waals surface area contributed by atoms with Crippen LogP contribution in [0.3, 0.4) is 0 Å². The third kappa shape index (κ3) is 2.64. The Labute approximate surface area is 140 Å². The van der Waals surface area contributed by atoms with E-state index in [2.05, 4.69) is 9.98 Å². The number of fused-ring (bicyclic) bond motifs is 1. The van der Waals surface area contributed by atoms with Crippen LogP contribution in [-0.2, 0) is 9.59 Å². The number of carbonyl (C=O) groups is 3. The van der Waals surface area contributed by atoms with Crippen molar-refractivity contribution in [2.75, 3.05) is 19.8 Å². The molecule has 1 atom stereocenters. The molecule has 1 unspecified atom stereocenters. The molecule has 0 saturated carbocycles. The zero-order chi connectivity index (χ0) is 17.4. The first-order valence-corrected chi connectivity index (χ1v) is 7.93. The van der Waals surface area contributed by atoms with Gasteiger partial charge >= 0.3 is 11.9 Å². The first kappa shape index (κ1) is 16.1. The van der Waals surface area contributed by atoms with E-state index in [9.17, 15) is 14.4 Å². The number of nitrogens with two attached hydrogens (primary N) is 1. The Morgan fingerprint density at radius 2 is 2.21 bits per heavy atom. The van der Waals surface area contributed by atoms with Gasteiger partial charge in [-0.2, -0.15) is 9.48 Å². The second kappa shape index (κ2) is 6.04. The summed E-state index contributed by atoms with van der Waals surface area (Å²) in [6.07, 6.45) is 1.47. The first-order valence-electron chi connectivity index (χ1n) is 6.94. The molecule has 1 aromatic rings. The number of furan rings is 1. The smallest absolute Gasteiger partial charge is 0.445 e. The number of nitrogens with zero attached hydrogens (tertiary/aromatic N) is 4. The average Bonchev–Trinajstić information content (AvgIpc) is 3.09. The fourth-order valence-corrected chi connectivity index (χ4v) is 3.16. The topological polar surface area (TPSA) is 121 Å². The van der Waals surface area contributed by atoms with Gasteiger partial charge < -0.3 is 10.2 Å². The summed E-state index contributed by atoms with van der Waals surface area (Å²) < 4.78 is 6.57.